The molecule has 0 aromatic heterocycles. The van der Waals surface area contributed by atoms with E-state index in [9.17, 15) is 8.42 Å². The second-order valence-electron chi connectivity index (χ2n) is 7.07. The number of guanidine groups is 1. The quantitative estimate of drug-likeness (QED) is 0.169. The summed E-state index contributed by atoms with van der Waals surface area (Å²) in [6, 6.07) is 1.09. The zero-order valence-electron chi connectivity index (χ0n) is 18.3. The fourth-order valence-corrected chi connectivity index (χ4v) is 3.85. The molecule has 9 heteroatoms. The molecule has 27 heavy (non-hydrogen) atoms. The first-order valence-corrected chi connectivity index (χ1v) is 11.7. The predicted molar refractivity (Wildman–Crippen MR) is 128 cm³/mol. The molecule has 0 bridgehead atoms. The lowest BCUT2D eigenvalue weighted by Gasteiger charge is -2.30. The van der Waals surface area contributed by atoms with Gasteiger partial charge in [0.25, 0.3) is 0 Å². The molecule has 0 heterocycles. The Morgan fingerprint density at radius 2 is 1.59 bits per heavy atom. The van der Waals surface area contributed by atoms with Crippen molar-refractivity contribution in [3.8, 4) is 0 Å². The lowest BCUT2D eigenvalue weighted by molar-refractivity contribution is 0.174. The van der Waals surface area contributed by atoms with E-state index in [4.69, 9.17) is 0 Å². The van der Waals surface area contributed by atoms with E-state index >= 15 is 0 Å². The first-order chi connectivity index (χ1) is 12.1. The van der Waals surface area contributed by atoms with Crippen molar-refractivity contribution in [2.75, 3.05) is 45.5 Å². The second-order valence-corrected chi connectivity index (χ2v) is 9.06. The van der Waals surface area contributed by atoms with Crippen LogP contribution in [0.15, 0.2) is 4.99 Å². The molecule has 0 rings (SSSR count). The van der Waals surface area contributed by atoms with Gasteiger partial charge in [-0.1, -0.05) is 6.92 Å². The Kier molecular flexibility index (Phi) is 17.0. The Labute approximate surface area is 184 Å². The number of hydrogen-bond donors (Lipinski definition) is 2. The van der Waals surface area contributed by atoms with Crippen LogP contribution in [-0.4, -0.2) is 81.2 Å². The summed E-state index contributed by atoms with van der Waals surface area (Å²) >= 11 is 0. The highest BCUT2D eigenvalue weighted by Crippen LogP contribution is 2.05. The van der Waals surface area contributed by atoms with Crippen molar-refractivity contribution in [3.63, 3.8) is 0 Å². The van der Waals surface area contributed by atoms with Crippen molar-refractivity contribution in [2.24, 2.45) is 4.99 Å². The second kappa shape index (κ2) is 15.8. The average Bonchev–Trinajstić information content (AvgIpc) is 2.52. The van der Waals surface area contributed by atoms with Crippen LogP contribution in [0.2, 0.25) is 0 Å². The molecule has 2 N–H and O–H groups in total. The highest BCUT2D eigenvalue weighted by Gasteiger charge is 2.13. The SMILES string of the molecule is CCNC(=NCCCN(C(C)C)C(C)C)NCCCN(CC)S(C)(=O)=O.I. The summed E-state index contributed by atoms with van der Waals surface area (Å²) in [6.45, 7) is 17.2. The smallest absolute Gasteiger partial charge is 0.211 e. The molecule has 0 atom stereocenters. The maximum Gasteiger partial charge on any atom is 0.211 e. The van der Waals surface area contributed by atoms with Gasteiger partial charge < -0.3 is 10.6 Å². The van der Waals surface area contributed by atoms with E-state index in [1.807, 2.05) is 13.8 Å². The van der Waals surface area contributed by atoms with E-state index in [2.05, 4.69) is 48.2 Å². The van der Waals surface area contributed by atoms with Crippen LogP contribution in [0, 0.1) is 0 Å². The summed E-state index contributed by atoms with van der Waals surface area (Å²) in [5.74, 6) is 0.801. The molecule has 0 spiro atoms. The lowest BCUT2D eigenvalue weighted by Crippen LogP contribution is -2.40. The van der Waals surface area contributed by atoms with Crippen LogP contribution in [0.25, 0.3) is 0 Å². The summed E-state index contributed by atoms with van der Waals surface area (Å²) in [4.78, 5) is 7.10. The van der Waals surface area contributed by atoms with Gasteiger partial charge in [0.2, 0.25) is 10.0 Å². The maximum atomic E-state index is 11.6. The molecule has 0 unspecified atom stereocenters. The van der Waals surface area contributed by atoms with Crippen LogP contribution < -0.4 is 10.6 Å². The summed E-state index contributed by atoms with van der Waals surface area (Å²) in [7, 11) is -3.11. The van der Waals surface area contributed by atoms with Crippen molar-refractivity contribution in [1.82, 2.24) is 19.8 Å². The van der Waals surface area contributed by atoms with Gasteiger partial charge in [-0.3, -0.25) is 9.89 Å². The molecule has 0 saturated carbocycles. The third-order valence-corrected chi connectivity index (χ3v) is 5.59. The van der Waals surface area contributed by atoms with Gasteiger partial charge in [0.05, 0.1) is 6.26 Å². The fourth-order valence-electron chi connectivity index (χ4n) is 2.92. The standard InChI is InChI=1S/C18H41N5O2S.HI/c1-8-19-18(20-12-10-14-22(9-2)26(7,24)25)21-13-11-15-23(16(3)4)17(5)6;/h16-17H,8-15H2,1-7H3,(H2,19,20,21);1H. The van der Waals surface area contributed by atoms with Crippen molar-refractivity contribution in [3.05, 3.63) is 0 Å². The monoisotopic (exact) mass is 519 g/mol. The van der Waals surface area contributed by atoms with Gasteiger partial charge >= 0.3 is 0 Å². The number of aliphatic imine (C=N–C) groups is 1. The first kappa shape index (κ1) is 29.1. The van der Waals surface area contributed by atoms with Gasteiger partial charge in [-0.15, -0.1) is 24.0 Å². The Morgan fingerprint density at radius 1 is 1.00 bits per heavy atom. The molecule has 0 aromatic carbocycles. The van der Waals surface area contributed by atoms with Gasteiger partial charge in [0.1, 0.15) is 0 Å². The topological polar surface area (TPSA) is 77.0 Å². The van der Waals surface area contributed by atoms with E-state index in [1.165, 1.54) is 10.6 Å². The highest BCUT2D eigenvalue weighted by molar-refractivity contribution is 14.0. The van der Waals surface area contributed by atoms with Gasteiger partial charge in [-0.2, -0.15) is 0 Å². The van der Waals surface area contributed by atoms with Gasteiger partial charge in [0.15, 0.2) is 5.96 Å². The summed E-state index contributed by atoms with van der Waals surface area (Å²) in [6.07, 6.45) is 3.03. The Morgan fingerprint density at radius 3 is 2.04 bits per heavy atom. The molecule has 0 fully saturated rings. The minimum atomic E-state index is -3.11. The molecule has 0 aliphatic heterocycles. The zero-order chi connectivity index (χ0) is 20.2. The maximum absolute atomic E-state index is 11.6. The number of halogens is 1. The predicted octanol–water partition coefficient (Wildman–Crippen LogP) is 2.34. The van der Waals surface area contributed by atoms with Crippen molar-refractivity contribution >= 4 is 40.0 Å². The lowest BCUT2D eigenvalue weighted by atomic mass is 10.2. The third-order valence-electron chi connectivity index (χ3n) is 4.21. The number of nitrogens with zero attached hydrogens (tertiary/aromatic N) is 3. The van der Waals surface area contributed by atoms with E-state index in [1.54, 1.807) is 0 Å². The first-order valence-electron chi connectivity index (χ1n) is 9.86. The Balaban J connectivity index is 0. The molecule has 0 aliphatic carbocycles. The van der Waals surface area contributed by atoms with Crippen LogP contribution in [-0.2, 0) is 10.0 Å². The zero-order valence-corrected chi connectivity index (χ0v) is 21.4. The fraction of sp³-hybridized carbons (Fsp3) is 0.944. The normalized spacial score (nSPS) is 12.8. The summed E-state index contributed by atoms with van der Waals surface area (Å²) in [5.41, 5.74) is 0. The third kappa shape index (κ3) is 13.6. The number of nitrogens with one attached hydrogen (secondary N) is 2. The molecule has 164 valence electrons. The van der Waals surface area contributed by atoms with Gasteiger partial charge in [0, 0.05) is 51.4 Å². The van der Waals surface area contributed by atoms with E-state index < -0.39 is 10.0 Å². The molecule has 0 aromatic rings. The van der Waals surface area contributed by atoms with Crippen molar-refractivity contribution < 1.29 is 8.42 Å². The molecule has 0 amide bonds. The van der Waals surface area contributed by atoms with E-state index in [0.29, 0.717) is 31.7 Å². The van der Waals surface area contributed by atoms with Crippen molar-refractivity contribution in [1.29, 1.82) is 0 Å². The molecule has 0 radical (unpaired) electrons. The molecule has 0 saturated heterocycles. The van der Waals surface area contributed by atoms with Crippen LogP contribution in [0.3, 0.4) is 0 Å². The number of hydrogen-bond acceptors (Lipinski definition) is 4. The number of rotatable bonds is 13. The highest BCUT2D eigenvalue weighted by atomic mass is 127. The molecule has 0 aliphatic rings. The van der Waals surface area contributed by atoms with E-state index in [-0.39, 0.29) is 24.0 Å². The van der Waals surface area contributed by atoms with Crippen LogP contribution in [0.4, 0.5) is 0 Å². The Hall–Kier alpha value is -0.130. The average molecular weight is 520 g/mol. The summed E-state index contributed by atoms with van der Waals surface area (Å²) < 4.78 is 24.7. The van der Waals surface area contributed by atoms with Gasteiger partial charge in [-0.05, 0) is 47.5 Å². The van der Waals surface area contributed by atoms with Crippen LogP contribution in [0.1, 0.15) is 54.4 Å². The van der Waals surface area contributed by atoms with Crippen molar-refractivity contribution in [2.45, 2.75) is 66.5 Å². The summed E-state index contributed by atoms with van der Waals surface area (Å²) in [5, 5.41) is 6.53. The molecular formula is C18H42IN5O2S. The van der Waals surface area contributed by atoms with Crippen LogP contribution in [0.5, 0.6) is 0 Å². The largest absolute Gasteiger partial charge is 0.357 e. The van der Waals surface area contributed by atoms with Crippen LogP contribution >= 0.6 is 24.0 Å². The minimum absolute atomic E-state index is 0. The molecular weight excluding hydrogens is 477 g/mol. The van der Waals surface area contributed by atoms with E-state index in [0.717, 1.165) is 38.4 Å². The van der Waals surface area contributed by atoms with Gasteiger partial charge in [-0.25, -0.2) is 12.7 Å². The number of sulfonamides is 1. The molecule has 7 nitrogen and oxygen atoms in total. The minimum Gasteiger partial charge on any atom is -0.357 e. The Bertz CT molecular complexity index is 490.